The smallest absolute Gasteiger partial charge is 0.417 e. The van der Waals surface area contributed by atoms with Gasteiger partial charge in [0, 0.05) is 17.2 Å². The highest BCUT2D eigenvalue weighted by molar-refractivity contribution is 5.74. The number of nitrogens with zero attached hydrogens (tertiary/aromatic N) is 3. The number of aromatic nitrogens is 2. The van der Waals surface area contributed by atoms with Gasteiger partial charge in [-0.15, -0.1) is 0 Å². The third-order valence-electron chi connectivity index (χ3n) is 6.13. The largest absolute Gasteiger partial charge is 0.480 e. The number of rotatable bonds is 7. The summed E-state index contributed by atoms with van der Waals surface area (Å²) in [5, 5.41) is 12.9. The first-order valence-corrected chi connectivity index (χ1v) is 11.2. The zero-order chi connectivity index (χ0) is 26.0. The number of hydrogen-bond donors (Lipinski definition) is 1. The third-order valence-corrected chi connectivity index (χ3v) is 6.13. The normalized spacial score (nSPS) is 12.6. The molecule has 1 heterocycles. The van der Waals surface area contributed by atoms with E-state index in [0.717, 1.165) is 17.2 Å². The van der Waals surface area contributed by atoms with Gasteiger partial charge >= 0.3 is 12.1 Å². The van der Waals surface area contributed by atoms with Crippen LogP contribution in [-0.4, -0.2) is 39.7 Å². The molecule has 0 aliphatic rings. The van der Waals surface area contributed by atoms with Gasteiger partial charge in [0.2, 0.25) is 5.82 Å². The van der Waals surface area contributed by atoms with Crippen LogP contribution in [0.2, 0.25) is 0 Å². The molecule has 0 saturated heterocycles. The average Bonchev–Trinajstić information content (AvgIpc) is 3.33. The van der Waals surface area contributed by atoms with Crippen LogP contribution >= 0.6 is 0 Å². The van der Waals surface area contributed by atoms with Crippen molar-refractivity contribution in [3.8, 4) is 34.0 Å². The van der Waals surface area contributed by atoms with Crippen molar-refractivity contribution in [1.82, 2.24) is 15.0 Å². The van der Waals surface area contributed by atoms with Gasteiger partial charge in [-0.05, 0) is 55.3 Å². The van der Waals surface area contributed by atoms with Crippen LogP contribution in [-0.2, 0) is 11.0 Å². The van der Waals surface area contributed by atoms with E-state index in [0.29, 0.717) is 11.1 Å². The fourth-order valence-corrected chi connectivity index (χ4v) is 4.00. The number of likely N-dealkylation sites (N-methyl/N-ethyl adjacent to an activating group) is 1. The Balaban J connectivity index is 1.62. The number of carbonyl (C=O) groups is 1. The first-order valence-electron chi connectivity index (χ1n) is 11.2. The highest BCUT2D eigenvalue weighted by Crippen LogP contribution is 2.40. The Morgan fingerprint density at radius 1 is 1.03 bits per heavy atom. The molecule has 0 fully saturated rings. The maximum atomic E-state index is 14.0. The Morgan fingerprint density at radius 2 is 1.69 bits per heavy atom. The SMILES string of the molecule is Cc1ccccc1-c1ccc(-c2nc(-c3ccc(C(C)N(C)CC(=O)O)cc3)no2)cc1C(F)(F)F. The number of benzene rings is 3. The van der Waals surface area contributed by atoms with E-state index in [2.05, 4.69) is 10.1 Å². The number of alkyl halides is 3. The van der Waals surface area contributed by atoms with Crippen molar-refractivity contribution in [2.24, 2.45) is 0 Å². The minimum Gasteiger partial charge on any atom is -0.480 e. The van der Waals surface area contributed by atoms with Crippen molar-refractivity contribution < 1.29 is 27.6 Å². The second-order valence-electron chi connectivity index (χ2n) is 8.60. The molecular weight excluding hydrogens is 471 g/mol. The lowest BCUT2D eigenvalue weighted by molar-refractivity contribution is -0.138. The zero-order valence-electron chi connectivity index (χ0n) is 19.9. The topological polar surface area (TPSA) is 79.5 Å². The fourth-order valence-electron chi connectivity index (χ4n) is 4.00. The summed E-state index contributed by atoms with van der Waals surface area (Å²) >= 11 is 0. The zero-order valence-corrected chi connectivity index (χ0v) is 19.9. The van der Waals surface area contributed by atoms with Crippen molar-refractivity contribution in [3.63, 3.8) is 0 Å². The van der Waals surface area contributed by atoms with Gasteiger partial charge in [0.15, 0.2) is 0 Å². The summed E-state index contributed by atoms with van der Waals surface area (Å²) in [5.41, 5.74) is 2.23. The number of halogens is 3. The highest BCUT2D eigenvalue weighted by atomic mass is 19.4. The Hall–Kier alpha value is -3.98. The van der Waals surface area contributed by atoms with Gasteiger partial charge in [0.25, 0.3) is 5.89 Å². The quantitative estimate of drug-likeness (QED) is 0.316. The summed E-state index contributed by atoms with van der Waals surface area (Å²) in [6.07, 6.45) is -4.57. The minimum atomic E-state index is -4.57. The molecule has 0 spiro atoms. The summed E-state index contributed by atoms with van der Waals surface area (Å²) in [4.78, 5) is 17.0. The maximum Gasteiger partial charge on any atom is 0.417 e. The number of aliphatic carboxylic acids is 1. The molecule has 3 aromatic carbocycles. The van der Waals surface area contributed by atoms with Gasteiger partial charge in [0.05, 0.1) is 12.1 Å². The molecule has 0 radical (unpaired) electrons. The first kappa shape index (κ1) is 25.1. The molecule has 186 valence electrons. The molecule has 1 aromatic heterocycles. The van der Waals surface area contributed by atoms with E-state index in [4.69, 9.17) is 9.63 Å². The predicted molar refractivity (Wildman–Crippen MR) is 129 cm³/mol. The van der Waals surface area contributed by atoms with Gasteiger partial charge in [-0.1, -0.05) is 59.8 Å². The van der Waals surface area contributed by atoms with Crippen LogP contribution in [0.5, 0.6) is 0 Å². The molecular formula is C27H24F3N3O3. The predicted octanol–water partition coefficient (Wildman–Crippen LogP) is 6.48. The standard InChI is InChI=1S/C27H24F3N3O3/c1-16-6-4-5-7-21(16)22-13-12-20(14-23(22)27(28,29)30)26-31-25(32-36-26)19-10-8-18(9-11-19)17(2)33(3)15-24(34)35/h4-14,17H,15H2,1-3H3,(H,34,35). The third kappa shape index (κ3) is 5.31. The Morgan fingerprint density at radius 3 is 2.33 bits per heavy atom. The lowest BCUT2D eigenvalue weighted by Crippen LogP contribution is -2.28. The lowest BCUT2D eigenvalue weighted by atomic mass is 9.94. The molecule has 0 amide bonds. The Labute approximate surface area is 206 Å². The van der Waals surface area contributed by atoms with Crippen LogP contribution in [0.25, 0.3) is 34.0 Å². The van der Waals surface area contributed by atoms with Gasteiger partial charge in [-0.25, -0.2) is 0 Å². The second kappa shape index (κ2) is 9.94. The van der Waals surface area contributed by atoms with Gasteiger partial charge in [0.1, 0.15) is 0 Å². The molecule has 0 aliphatic heterocycles. The van der Waals surface area contributed by atoms with E-state index in [1.807, 2.05) is 19.1 Å². The van der Waals surface area contributed by atoms with Gasteiger partial charge in [-0.2, -0.15) is 18.2 Å². The summed E-state index contributed by atoms with van der Waals surface area (Å²) < 4.78 is 47.2. The van der Waals surface area contributed by atoms with Gasteiger partial charge in [-0.3, -0.25) is 9.69 Å². The lowest BCUT2D eigenvalue weighted by Gasteiger charge is -2.23. The van der Waals surface area contributed by atoms with Crippen molar-refractivity contribution in [2.45, 2.75) is 26.1 Å². The molecule has 0 aliphatic carbocycles. The van der Waals surface area contributed by atoms with Crippen molar-refractivity contribution in [1.29, 1.82) is 0 Å². The molecule has 9 heteroatoms. The number of hydrogen-bond acceptors (Lipinski definition) is 5. The average molecular weight is 496 g/mol. The Bertz CT molecular complexity index is 1380. The van der Waals surface area contributed by atoms with Crippen molar-refractivity contribution in [2.75, 3.05) is 13.6 Å². The summed E-state index contributed by atoms with van der Waals surface area (Å²) in [6, 6.07) is 17.9. The van der Waals surface area contributed by atoms with Crippen LogP contribution in [0.3, 0.4) is 0 Å². The summed E-state index contributed by atoms with van der Waals surface area (Å²) in [6.45, 7) is 3.56. The van der Waals surface area contributed by atoms with E-state index >= 15 is 0 Å². The maximum absolute atomic E-state index is 14.0. The molecule has 4 rings (SSSR count). The molecule has 0 bridgehead atoms. The van der Waals surface area contributed by atoms with Crippen molar-refractivity contribution >= 4 is 5.97 Å². The number of carboxylic acid groups (broad SMARTS) is 1. The second-order valence-corrected chi connectivity index (χ2v) is 8.60. The highest BCUT2D eigenvalue weighted by Gasteiger charge is 2.34. The van der Waals surface area contributed by atoms with Crippen LogP contribution in [0.4, 0.5) is 13.2 Å². The number of aryl methyl sites for hydroxylation is 1. The Kier molecular flexibility index (Phi) is 6.94. The van der Waals surface area contributed by atoms with Crippen LogP contribution in [0.1, 0.15) is 29.7 Å². The molecule has 0 saturated carbocycles. The van der Waals surface area contributed by atoms with E-state index < -0.39 is 17.7 Å². The summed E-state index contributed by atoms with van der Waals surface area (Å²) in [5.74, 6) is -0.703. The van der Waals surface area contributed by atoms with E-state index in [1.165, 1.54) is 12.1 Å². The molecule has 1 atom stereocenters. The monoisotopic (exact) mass is 495 g/mol. The molecule has 4 aromatic rings. The first-order chi connectivity index (χ1) is 17.0. The van der Waals surface area contributed by atoms with Crippen LogP contribution < -0.4 is 0 Å². The molecule has 1 N–H and O–H groups in total. The van der Waals surface area contributed by atoms with Crippen LogP contribution in [0.15, 0.2) is 71.3 Å². The molecule has 36 heavy (non-hydrogen) atoms. The fraction of sp³-hybridized carbons (Fsp3) is 0.222. The van der Waals surface area contributed by atoms with E-state index in [1.54, 1.807) is 55.3 Å². The van der Waals surface area contributed by atoms with Gasteiger partial charge < -0.3 is 9.63 Å². The summed E-state index contributed by atoms with van der Waals surface area (Å²) in [7, 11) is 1.72. The molecule has 1 unspecified atom stereocenters. The van der Waals surface area contributed by atoms with E-state index in [9.17, 15) is 18.0 Å². The molecule has 6 nitrogen and oxygen atoms in total. The van der Waals surface area contributed by atoms with Crippen LogP contribution in [0, 0.1) is 6.92 Å². The minimum absolute atomic E-state index is 0.0227. The van der Waals surface area contributed by atoms with Crippen molar-refractivity contribution in [3.05, 3.63) is 83.4 Å². The number of carboxylic acids is 1. The van der Waals surface area contributed by atoms with E-state index in [-0.39, 0.29) is 35.4 Å².